The van der Waals surface area contributed by atoms with E-state index < -0.39 is 0 Å². The van der Waals surface area contributed by atoms with Crippen LogP contribution in [0.1, 0.15) is 20.3 Å². The average Bonchev–Trinajstić information content (AvgIpc) is 2.62. The van der Waals surface area contributed by atoms with Gasteiger partial charge in [0.15, 0.2) is 0 Å². The van der Waals surface area contributed by atoms with Crippen LogP contribution in [0.15, 0.2) is 0 Å². The lowest BCUT2D eigenvalue weighted by molar-refractivity contribution is 0.273. The maximum absolute atomic E-state index is 3.36. The molecule has 2 nitrogen and oxygen atoms in total. The van der Waals surface area contributed by atoms with Crippen LogP contribution in [0.4, 0.5) is 0 Å². The van der Waals surface area contributed by atoms with Crippen LogP contribution in [-0.4, -0.2) is 48.6 Å². The molecule has 0 radical (unpaired) electrons. The minimum atomic E-state index is 0.731. The van der Waals surface area contributed by atoms with Crippen LogP contribution < -0.4 is 5.32 Å². The molecule has 0 saturated carbocycles. The minimum absolute atomic E-state index is 0.731. The molecular weight excluding hydrogens is 180 g/mol. The molecule has 0 aromatic carbocycles. The van der Waals surface area contributed by atoms with Crippen molar-refractivity contribution in [2.45, 2.75) is 32.4 Å². The zero-order valence-electron chi connectivity index (χ0n) is 9.05. The van der Waals surface area contributed by atoms with Gasteiger partial charge in [-0.15, -0.1) is 0 Å². The molecule has 1 aliphatic rings. The molecule has 3 heteroatoms. The van der Waals surface area contributed by atoms with E-state index in [2.05, 4.69) is 31.1 Å². The largest absolute Gasteiger partial charge is 0.316 e. The molecular formula is C10H22N2S. The van der Waals surface area contributed by atoms with Gasteiger partial charge in [-0.1, -0.05) is 6.92 Å². The van der Waals surface area contributed by atoms with E-state index in [-0.39, 0.29) is 0 Å². The predicted octanol–water partition coefficient (Wildman–Crippen LogP) is 1.42. The number of nitrogens with one attached hydrogen (secondary N) is 1. The first-order chi connectivity index (χ1) is 6.27. The van der Waals surface area contributed by atoms with Crippen molar-refractivity contribution in [3.8, 4) is 0 Å². The monoisotopic (exact) mass is 202 g/mol. The van der Waals surface area contributed by atoms with Gasteiger partial charge in [0, 0.05) is 30.9 Å². The predicted molar refractivity (Wildman–Crippen MR) is 61.5 cm³/mol. The molecule has 1 saturated heterocycles. The summed E-state index contributed by atoms with van der Waals surface area (Å²) < 4.78 is 0. The molecule has 0 amide bonds. The Bertz CT molecular complexity index is 141. The molecule has 78 valence electrons. The van der Waals surface area contributed by atoms with Crippen molar-refractivity contribution in [1.29, 1.82) is 0 Å². The fourth-order valence-electron chi connectivity index (χ4n) is 1.82. The maximum atomic E-state index is 3.36. The van der Waals surface area contributed by atoms with Gasteiger partial charge in [-0.05, 0) is 26.1 Å². The first-order valence-corrected chi connectivity index (χ1v) is 6.42. The van der Waals surface area contributed by atoms with Crippen LogP contribution in [0.3, 0.4) is 0 Å². The second-order valence-corrected chi connectivity index (χ2v) is 5.10. The molecule has 2 atom stereocenters. The van der Waals surface area contributed by atoms with Gasteiger partial charge in [-0.2, -0.15) is 11.8 Å². The smallest absolute Gasteiger partial charge is 0.0204 e. The number of hydrogen-bond donors (Lipinski definition) is 1. The Morgan fingerprint density at radius 1 is 1.62 bits per heavy atom. The lowest BCUT2D eigenvalue weighted by Gasteiger charge is -2.23. The van der Waals surface area contributed by atoms with Crippen molar-refractivity contribution < 1.29 is 0 Å². The number of nitrogens with zero attached hydrogens (tertiary/aromatic N) is 1. The molecule has 0 aromatic heterocycles. The van der Waals surface area contributed by atoms with Gasteiger partial charge in [0.25, 0.3) is 0 Å². The van der Waals surface area contributed by atoms with Gasteiger partial charge in [-0.3, -0.25) is 4.90 Å². The summed E-state index contributed by atoms with van der Waals surface area (Å²) in [4.78, 5) is 2.60. The summed E-state index contributed by atoms with van der Waals surface area (Å²) in [7, 11) is 2.07. The molecule has 1 N–H and O–H groups in total. The number of likely N-dealkylation sites (tertiary alicyclic amines) is 1. The molecule has 1 aliphatic heterocycles. The first-order valence-electron chi connectivity index (χ1n) is 5.27. The van der Waals surface area contributed by atoms with Gasteiger partial charge >= 0.3 is 0 Å². The molecule has 1 fully saturated rings. The highest BCUT2D eigenvalue weighted by Gasteiger charge is 2.24. The van der Waals surface area contributed by atoms with Gasteiger partial charge in [-0.25, -0.2) is 0 Å². The van der Waals surface area contributed by atoms with Crippen molar-refractivity contribution in [3.63, 3.8) is 0 Å². The Kier molecular flexibility index (Phi) is 5.14. The molecule has 13 heavy (non-hydrogen) atoms. The van der Waals surface area contributed by atoms with E-state index in [1.54, 1.807) is 0 Å². The van der Waals surface area contributed by atoms with E-state index in [0.717, 1.165) is 12.1 Å². The maximum Gasteiger partial charge on any atom is 0.0204 e. The second kappa shape index (κ2) is 5.89. The first kappa shape index (κ1) is 11.3. The van der Waals surface area contributed by atoms with Gasteiger partial charge in [0.05, 0.1) is 0 Å². The quantitative estimate of drug-likeness (QED) is 0.726. The van der Waals surface area contributed by atoms with E-state index in [1.165, 1.54) is 31.0 Å². The Morgan fingerprint density at radius 2 is 2.38 bits per heavy atom. The fourth-order valence-corrected chi connectivity index (χ4v) is 2.60. The Hall–Kier alpha value is 0.270. The van der Waals surface area contributed by atoms with Crippen LogP contribution in [0.2, 0.25) is 0 Å². The second-order valence-electron chi connectivity index (χ2n) is 3.78. The lowest BCUT2D eigenvalue weighted by Crippen LogP contribution is -2.36. The minimum Gasteiger partial charge on any atom is -0.316 e. The molecule has 1 heterocycles. The molecule has 0 spiro atoms. The van der Waals surface area contributed by atoms with Crippen molar-refractivity contribution in [1.82, 2.24) is 10.2 Å². The molecule has 2 unspecified atom stereocenters. The molecule has 0 aromatic rings. The van der Waals surface area contributed by atoms with Gasteiger partial charge in [0.1, 0.15) is 0 Å². The third kappa shape index (κ3) is 3.49. The Balaban J connectivity index is 2.20. The third-order valence-electron chi connectivity index (χ3n) is 2.81. The van der Waals surface area contributed by atoms with Crippen LogP contribution in [0.25, 0.3) is 0 Å². The summed E-state index contributed by atoms with van der Waals surface area (Å²) in [5.41, 5.74) is 0. The average molecular weight is 202 g/mol. The van der Waals surface area contributed by atoms with Gasteiger partial charge in [0.2, 0.25) is 0 Å². The van der Waals surface area contributed by atoms with E-state index in [4.69, 9.17) is 0 Å². The van der Waals surface area contributed by atoms with Crippen LogP contribution >= 0.6 is 11.8 Å². The molecule has 0 aliphatic carbocycles. The van der Waals surface area contributed by atoms with Crippen LogP contribution in [0.5, 0.6) is 0 Å². The van der Waals surface area contributed by atoms with E-state index in [0.29, 0.717) is 0 Å². The third-order valence-corrected chi connectivity index (χ3v) is 3.94. The molecule has 1 rings (SSSR count). The number of hydrogen-bond acceptors (Lipinski definition) is 3. The normalized spacial score (nSPS) is 26.5. The highest BCUT2D eigenvalue weighted by molar-refractivity contribution is 7.99. The number of thioether (sulfide) groups is 1. The lowest BCUT2D eigenvalue weighted by atomic mass is 10.3. The summed E-state index contributed by atoms with van der Waals surface area (Å²) in [6.07, 6.45) is 1.32. The van der Waals surface area contributed by atoms with Crippen molar-refractivity contribution in [2.75, 3.05) is 31.6 Å². The summed E-state index contributed by atoms with van der Waals surface area (Å²) >= 11 is 2.05. The SMILES string of the molecule is CCSCC(C)N1CCC(NC)C1. The highest BCUT2D eigenvalue weighted by Crippen LogP contribution is 2.15. The van der Waals surface area contributed by atoms with Crippen LogP contribution in [0, 0.1) is 0 Å². The summed E-state index contributed by atoms with van der Waals surface area (Å²) in [5.74, 6) is 2.53. The van der Waals surface area contributed by atoms with E-state index in [9.17, 15) is 0 Å². The Morgan fingerprint density at radius 3 is 2.92 bits per heavy atom. The summed E-state index contributed by atoms with van der Waals surface area (Å²) in [5, 5.41) is 3.36. The number of rotatable bonds is 5. The molecule has 0 bridgehead atoms. The van der Waals surface area contributed by atoms with Gasteiger partial charge < -0.3 is 5.32 Å². The van der Waals surface area contributed by atoms with E-state index in [1.807, 2.05) is 11.8 Å². The van der Waals surface area contributed by atoms with Crippen molar-refractivity contribution in [3.05, 3.63) is 0 Å². The summed E-state index contributed by atoms with van der Waals surface area (Å²) in [6, 6.07) is 1.48. The van der Waals surface area contributed by atoms with Crippen molar-refractivity contribution >= 4 is 11.8 Å². The van der Waals surface area contributed by atoms with Crippen molar-refractivity contribution in [2.24, 2.45) is 0 Å². The standard InChI is InChI=1S/C10H22N2S/c1-4-13-8-9(2)12-6-5-10(7-12)11-3/h9-11H,4-8H2,1-3H3. The summed E-state index contributed by atoms with van der Waals surface area (Å²) in [6.45, 7) is 7.09. The Labute approximate surface area is 86.5 Å². The van der Waals surface area contributed by atoms with Crippen LogP contribution in [-0.2, 0) is 0 Å². The fraction of sp³-hybridized carbons (Fsp3) is 1.00. The zero-order chi connectivity index (χ0) is 9.68. The highest BCUT2D eigenvalue weighted by atomic mass is 32.2. The topological polar surface area (TPSA) is 15.3 Å². The number of likely N-dealkylation sites (N-methyl/N-ethyl adjacent to an activating group) is 1. The zero-order valence-corrected chi connectivity index (χ0v) is 9.86. The van der Waals surface area contributed by atoms with E-state index >= 15 is 0 Å².